The molecule has 0 aliphatic rings. The van der Waals surface area contributed by atoms with Crippen LogP contribution in [0, 0.1) is 5.82 Å². The van der Waals surface area contributed by atoms with Crippen LogP contribution in [-0.2, 0) is 10.1 Å². The minimum Gasteiger partial charge on any atom is -0.285 e. The standard InChI is InChI=1S/C8H9FO3S/c1-6(13(10,11)12)7-2-4-8(9)5-3-7/h2-6H,1H3,(H,10,11,12)/t6-/m0/s1. The third-order valence-electron chi connectivity index (χ3n) is 1.79. The highest BCUT2D eigenvalue weighted by Crippen LogP contribution is 2.20. The first-order chi connectivity index (χ1) is 5.91. The Labute approximate surface area is 76.0 Å². The monoisotopic (exact) mass is 204 g/mol. The highest BCUT2D eigenvalue weighted by atomic mass is 32.2. The van der Waals surface area contributed by atoms with E-state index in [0.717, 1.165) is 12.1 Å². The molecule has 0 bridgehead atoms. The van der Waals surface area contributed by atoms with Gasteiger partial charge in [-0.15, -0.1) is 0 Å². The van der Waals surface area contributed by atoms with E-state index in [2.05, 4.69) is 0 Å². The van der Waals surface area contributed by atoms with Crippen LogP contribution in [0.2, 0.25) is 0 Å². The fraction of sp³-hybridized carbons (Fsp3) is 0.250. The molecule has 0 aromatic heterocycles. The van der Waals surface area contributed by atoms with Gasteiger partial charge in [0.15, 0.2) is 0 Å². The van der Waals surface area contributed by atoms with Crippen LogP contribution in [0.4, 0.5) is 4.39 Å². The summed E-state index contributed by atoms with van der Waals surface area (Å²) in [6.07, 6.45) is 0. The topological polar surface area (TPSA) is 54.4 Å². The molecule has 0 unspecified atom stereocenters. The molecule has 1 aromatic rings. The summed E-state index contributed by atoms with van der Waals surface area (Å²) in [5, 5.41) is -1.02. The van der Waals surface area contributed by atoms with E-state index in [1.807, 2.05) is 0 Å². The summed E-state index contributed by atoms with van der Waals surface area (Å²) in [5.74, 6) is -0.439. The smallest absolute Gasteiger partial charge is 0.271 e. The second kappa shape index (κ2) is 3.43. The van der Waals surface area contributed by atoms with Crippen molar-refractivity contribution >= 4 is 10.1 Å². The van der Waals surface area contributed by atoms with Crippen molar-refractivity contribution in [2.24, 2.45) is 0 Å². The van der Waals surface area contributed by atoms with Gasteiger partial charge in [0, 0.05) is 0 Å². The van der Waals surface area contributed by atoms with Crippen LogP contribution >= 0.6 is 0 Å². The predicted molar refractivity (Wildman–Crippen MR) is 46.4 cm³/mol. The molecule has 72 valence electrons. The van der Waals surface area contributed by atoms with Crippen molar-refractivity contribution in [3.8, 4) is 0 Å². The van der Waals surface area contributed by atoms with Crippen LogP contribution in [0.15, 0.2) is 24.3 Å². The van der Waals surface area contributed by atoms with Gasteiger partial charge in [-0.05, 0) is 24.6 Å². The Morgan fingerprint density at radius 1 is 1.31 bits per heavy atom. The zero-order valence-electron chi connectivity index (χ0n) is 6.94. The van der Waals surface area contributed by atoms with E-state index in [-0.39, 0.29) is 0 Å². The zero-order valence-corrected chi connectivity index (χ0v) is 7.75. The Balaban J connectivity index is 3.04. The minimum atomic E-state index is -4.09. The lowest BCUT2D eigenvalue weighted by Gasteiger charge is -2.07. The average Bonchev–Trinajstić information content (AvgIpc) is 2.03. The molecule has 1 atom stereocenters. The summed E-state index contributed by atoms with van der Waals surface area (Å²) in [6, 6.07) is 4.95. The average molecular weight is 204 g/mol. The third-order valence-corrected chi connectivity index (χ3v) is 2.95. The number of rotatable bonds is 2. The van der Waals surface area contributed by atoms with E-state index in [9.17, 15) is 12.8 Å². The molecule has 0 heterocycles. The van der Waals surface area contributed by atoms with Gasteiger partial charge in [0.05, 0.1) is 0 Å². The fourth-order valence-electron chi connectivity index (χ4n) is 0.906. The highest BCUT2D eigenvalue weighted by molar-refractivity contribution is 7.86. The van der Waals surface area contributed by atoms with Crippen LogP contribution in [0.5, 0.6) is 0 Å². The highest BCUT2D eigenvalue weighted by Gasteiger charge is 2.18. The van der Waals surface area contributed by atoms with Gasteiger partial charge in [0.25, 0.3) is 10.1 Å². The molecule has 0 spiro atoms. The SMILES string of the molecule is C[C@@H](c1ccc(F)cc1)S(=O)(=O)O. The van der Waals surface area contributed by atoms with Gasteiger partial charge in [0.1, 0.15) is 11.1 Å². The van der Waals surface area contributed by atoms with Crippen molar-refractivity contribution in [1.29, 1.82) is 0 Å². The molecule has 0 aliphatic heterocycles. The first-order valence-corrected chi connectivity index (χ1v) is 5.13. The second-order valence-corrected chi connectivity index (χ2v) is 4.45. The molecular formula is C8H9FO3S. The molecule has 0 amide bonds. The Hall–Kier alpha value is -0.940. The molecule has 1 rings (SSSR count). The Kier molecular flexibility index (Phi) is 2.68. The molecule has 0 saturated carbocycles. The molecule has 0 aliphatic carbocycles. The van der Waals surface area contributed by atoms with Gasteiger partial charge >= 0.3 is 0 Å². The van der Waals surface area contributed by atoms with E-state index in [4.69, 9.17) is 4.55 Å². The van der Waals surface area contributed by atoms with Crippen LogP contribution < -0.4 is 0 Å². The molecule has 0 radical (unpaired) electrons. The molecule has 13 heavy (non-hydrogen) atoms. The first kappa shape index (κ1) is 10.1. The van der Waals surface area contributed by atoms with E-state index < -0.39 is 21.2 Å². The summed E-state index contributed by atoms with van der Waals surface area (Å²) in [7, 11) is -4.09. The van der Waals surface area contributed by atoms with E-state index in [1.165, 1.54) is 19.1 Å². The Bertz CT molecular complexity index is 382. The molecule has 0 saturated heterocycles. The normalized spacial score (nSPS) is 14.1. The van der Waals surface area contributed by atoms with E-state index in [0.29, 0.717) is 5.56 Å². The van der Waals surface area contributed by atoms with Crippen molar-refractivity contribution in [2.45, 2.75) is 12.2 Å². The zero-order chi connectivity index (χ0) is 10.1. The third kappa shape index (κ3) is 2.50. The van der Waals surface area contributed by atoms with Gasteiger partial charge in [-0.2, -0.15) is 8.42 Å². The lowest BCUT2D eigenvalue weighted by molar-refractivity contribution is 0.472. The Morgan fingerprint density at radius 2 is 1.77 bits per heavy atom. The summed E-state index contributed by atoms with van der Waals surface area (Å²) in [4.78, 5) is 0. The van der Waals surface area contributed by atoms with Gasteiger partial charge in [-0.1, -0.05) is 12.1 Å². The Morgan fingerprint density at radius 3 is 2.15 bits per heavy atom. The number of benzene rings is 1. The van der Waals surface area contributed by atoms with E-state index >= 15 is 0 Å². The molecule has 0 fully saturated rings. The summed E-state index contributed by atoms with van der Waals surface area (Å²) in [6.45, 7) is 1.34. The van der Waals surface area contributed by atoms with Crippen LogP contribution in [0.1, 0.15) is 17.7 Å². The summed E-state index contributed by atoms with van der Waals surface area (Å²) >= 11 is 0. The van der Waals surface area contributed by atoms with Crippen LogP contribution in [0.3, 0.4) is 0 Å². The van der Waals surface area contributed by atoms with Crippen molar-refractivity contribution < 1.29 is 17.4 Å². The lowest BCUT2D eigenvalue weighted by atomic mass is 10.2. The predicted octanol–water partition coefficient (Wildman–Crippen LogP) is 1.77. The van der Waals surface area contributed by atoms with Crippen LogP contribution in [-0.4, -0.2) is 13.0 Å². The largest absolute Gasteiger partial charge is 0.285 e. The number of halogens is 1. The van der Waals surface area contributed by atoms with E-state index in [1.54, 1.807) is 0 Å². The van der Waals surface area contributed by atoms with Gasteiger partial charge in [-0.3, -0.25) is 4.55 Å². The molecular weight excluding hydrogens is 195 g/mol. The fourth-order valence-corrected chi connectivity index (χ4v) is 1.41. The minimum absolute atomic E-state index is 0.365. The number of hydrogen-bond acceptors (Lipinski definition) is 2. The van der Waals surface area contributed by atoms with Gasteiger partial charge in [0.2, 0.25) is 0 Å². The summed E-state index contributed by atoms with van der Waals surface area (Å²) in [5.41, 5.74) is 0.365. The molecule has 1 aromatic carbocycles. The van der Waals surface area contributed by atoms with Gasteiger partial charge < -0.3 is 0 Å². The molecule has 3 nitrogen and oxygen atoms in total. The van der Waals surface area contributed by atoms with Gasteiger partial charge in [-0.25, -0.2) is 4.39 Å². The second-order valence-electron chi connectivity index (χ2n) is 2.71. The van der Waals surface area contributed by atoms with Crippen molar-refractivity contribution in [2.75, 3.05) is 0 Å². The molecule has 1 N–H and O–H groups in total. The quantitative estimate of drug-likeness (QED) is 0.747. The van der Waals surface area contributed by atoms with Crippen molar-refractivity contribution in [3.63, 3.8) is 0 Å². The lowest BCUT2D eigenvalue weighted by Crippen LogP contribution is -2.08. The maximum Gasteiger partial charge on any atom is 0.271 e. The number of hydrogen-bond donors (Lipinski definition) is 1. The molecule has 5 heteroatoms. The maximum atomic E-state index is 12.4. The first-order valence-electron chi connectivity index (χ1n) is 3.63. The maximum absolute atomic E-state index is 12.4. The van der Waals surface area contributed by atoms with Crippen molar-refractivity contribution in [3.05, 3.63) is 35.6 Å². The van der Waals surface area contributed by atoms with Crippen molar-refractivity contribution in [1.82, 2.24) is 0 Å². The van der Waals surface area contributed by atoms with Crippen LogP contribution in [0.25, 0.3) is 0 Å². The summed E-state index contributed by atoms with van der Waals surface area (Å²) < 4.78 is 42.5.